The van der Waals surface area contributed by atoms with Crippen molar-refractivity contribution in [2.75, 3.05) is 7.11 Å². The van der Waals surface area contributed by atoms with Gasteiger partial charge in [0.1, 0.15) is 17.2 Å². The Morgan fingerprint density at radius 3 is 2.25 bits per heavy atom. The predicted molar refractivity (Wildman–Crippen MR) is 79.4 cm³/mol. The Hall–Kier alpha value is -2.75. The van der Waals surface area contributed by atoms with Crippen molar-refractivity contribution in [2.24, 2.45) is 0 Å². The van der Waals surface area contributed by atoms with E-state index in [1.54, 1.807) is 25.3 Å². The Labute approximate surface area is 117 Å². The summed E-state index contributed by atoms with van der Waals surface area (Å²) in [4.78, 5) is 0. The van der Waals surface area contributed by atoms with Gasteiger partial charge in [-0.3, -0.25) is 5.41 Å². The zero-order valence-electron chi connectivity index (χ0n) is 11.0. The lowest BCUT2D eigenvalue weighted by Gasteiger charge is -2.05. The molecular formula is C16H15NO3. The van der Waals surface area contributed by atoms with Crippen LogP contribution in [0.15, 0.2) is 42.5 Å². The highest BCUT2D eigenvalue weighted by molar-refractivity contribution is 5.71. The Morgan fingerprint density at radius 1 is 0.950 bits per heavy atom. The first-order chi connectivity index (χ1) is 9.71. The van der Waals surface area contributed by atoms with Crippen molar-refractivity contribution >= 4 is 18.6 Å². The normalized spacial score (nSPS) is 10.4. The minimum absolute atomic E-state index is 0.241. The maximum atomic E-state index is 9.23. The van der Waals surface area contributed by atoms with Gasteiger partial charge in [-0.15, -0.1) is 0 Å². The lowest BCUT2D eigenvalue weighted by atomic mass is 10.1. The molecule has 2 N–H and O–H groups in total. The molecule has 102 valence electrons. The summed E-state index contributed by atoms with van der Waals surface area (Å²) in [6.07, 6.45) is 4.70. The average Bonchev–Trinajstić information content (AvgIpc) is 2.47. The van der Waals surface area contributed by atoms with Crippen molar-refractivity contribution in [3.63, 3.8) is 0 Å². The lowest BCUT2D eigenvalue weighted by molar-refractivity contribution is 0.412. The summed E-state index contributed by atoms with van der Waals surface area (Å²) in [7, 11) is 1.58. The highest BCUT2D eigenvalue weighted by Gasteiger charge is 2.00. The number of hydrogen-bond acceptors (Lipinski definition) is 4. The van der Waals surface area contributed by atoms with Gasteiger partial charge in [0.2, 0.25) is 0 Å². The molecule has 4 nitrogen and oxygen atoms in total. The van der Waals surface area contributed by atoms with E-state index in [0.717, 1.165) is 17.5 Å². The van der Waals surface area contributed by atoms with E-state index in [9.17, 15) is 5.11 Å². The second-order valence-corrected chi connectivity index (χ2v) is 4.10. The molecule has 0 saturated carbocycles. The van der Waals surface area contributed by atoms with Gasteiger partial charge in [-0.2, -0.15) is 0 Å². The van der Waals surface area contributed by atoms with Crippen LogP contribution in [0.3, 0.4) is 0 Å². The topological polar surface area (TPSA) is 62.5 Å². The van der Waals surface area contributed by atoms with E-state index in [1.807, 2.05) is 36.4 Å². The Bertz CT molecular complexity index is 618. The fourth-order valence-corrected chi connectivity index (χ4v) is 1.72. The van der Waals surface area contributed by atoms with Gasteiger partial charge in [0.05, 0.1) is 7.11 Å². The van der Waals surface area contributed by atoms with Gasteiger partial charge in [-0.1, -0.05) is 24.3 Å². The number of phenols is 1. The third-order valence-electron chi connectivity index (χ3n) is 2.69. The number of nitrogens with one attached hydrogen (secondary N) is 1. The van der Waals surface area contributed by atoms with Crippen molar-refractivity contribution in [1.29, 1.82) is 5.41 Å². The average molecular weight is 269 g/mol. The van der Waals surface area contributed by atoms with E-state index >= 15 is 0 Å². The molecule has 0 atom stereocenters. The van der Waals surface area contributed by atoms with Gasteiger partial charge in [-0.25, -0.2) is 0 Å². The molecule has 0 heterocycles. The monoisotopic (exact) mass is 269 g/mol. The molecule has 0 spiro atoms. The van der Waals surface area contributed by atoms with E-state index in [-0.39, 0.29) is 5.75 Å². The number of rotatable bonds is 5. The maximum Gasteiger partial charge on any atom is 0.173 e. The quantitative estimate of drug-likeness (QED) is 0.495. The van der Waals surface area contributed by atoms with E-state index in [4.69, 9.17) is 14.9 Å². The number of aromatic hydroxyl groups is 1. The molecule has 20 heavy (non-hydrogen) atoms. The molecule has 0 fully saturated rings. The summed E-state index contributed by atoms with van der Waals surface area (Å²) in [5, 5.41) is 16.2. The van der Waals surface area contributed by atoms with E-state index < -0.39 is 0 Å². The minimum atomic E-state index is 0.241. The number of methoxy groups -OCH3 is 1. The van der Waals surface area contributed by atoms with Crippen LogP contribution in [0.2, 0.25) is 0 Å². The van der Waals surface area contributed by atoms with Gasteiger partial charge in [0, 0.05) is 6.07 Å². The predicted octanol–water partition coefficient (Wildman–Crippen LogP) is 3.56. The first kappa shape index (κ1) is 13.7. The molecule has 0 aromatic heterocycles. The second-order valence-electron chi connectivity index (χ2n) is 4.10. The molecule has 0 aliphatic carbocycles. The largest absolute Gasteiger partial charge is 0.508 e. The Balaban J connectivity index is 2.25. The highest BCUT2D eigenvalue weighted by Crippen LogP contribution is 2.24. The maximum absolute atomic E-state index is 9.23. The smallest absolute Gasteiger partial charge is 0.173 e. The van der Waals surface area contributed by atoms with Crippen molar-refractivity contribution in [1.82, 2.24) is 0 Å². The summed E-state index contributed by atoms with van der Waals surface area (Å²) < 4.78 is 10.2. The number of benzene rings is 2. The van der Waals surface area contributed by atoms with Crippen LogP contribution in [-0.4, -0.2) is 18.6 Å². The number of hydrogen-bond donors (Lipinski definition) is 2. The van der Waals surface area contributed by atoms with Crippen LogP contribution in [0.1, 0.15) is 11.1 Å². The van der Waals surface area contributed by atoms with Gasteiger partial charge in [-0.05, 0) is 35.4 Å². The first-order valence-electron chi connectivity index (χ1n) is 6.03. The van der Waals surface area contributed by atoms with Crippen molar-refractivity contribution in [2.45, 2.75) is 0 Å². The first-order valence-corrected chi connectivity index (χ1v) is 6.03. The molecule has 0 radical (unpaired) electrons. The Kier molecular flexibility index (Phi) is 4.39. The molecule has 0 amide bonds. The van der Waals surface area contributed by atoms with Crippen molar-refractivity contribution < 1.29 is 14.6 Å². The standard InChI is InChI=1S/C16H15NO3/c1-19-15-8-13(9-16(10-15)20-11-17)3-2-12-4-6-14(18)7-5-12/h2-11,17-18H,1H3/b3-2+,17-11?. The van der Waals surface area contributed by atoms with E-state index in [1.165, 1.54) is 0 Å². The number of ether oxygens (including phenoxy) is 2. The van der Waals surface area contributed by atoms with E-state index in [0.29, 0.717) is 11.5 Å². The summed E-state index contributed by atoms with van der Waals surface area (Å²) in [6.45, 7) is 0. The van der Waals surface area contributed by atoms with Gasteiger partial charge in [0.25, 0.3) is 0 Å². The zero-order valence-corrected chi connectivity index (χ0v) is 11.0. The van der Waals surface area contributed by atoms with Crippen molar-refractivity contribution in [3.05, 3.63) is 53.6 Å². The zero-order chi connectivity index (χ0) is 14.4. The number of phenolic OH excluding ortho intramolecular Hbond substituents is 1. The summed E-state index contributed by atoms with van der Waals surface area (Å²) in [5.74, 6) is 1.45. The minimum Gasteiger partial charge on any atom is -0.508 e. The molecule has 2 aromatic rings. The van der Waals surface area contributed by atoms with Crippen LogP contribution >= 0.6 is 0 Å². The molecule has 2 rings (SSSR count). The summed E-state index contributed by atoms with van der Waals surface area (Å²) in [6, 6.07) is 12.3. The fourth-order valence-electron chi connectivity index (χ4n) is 1.72. The molecule has 0 aliphatic rings. The highest BCUT2D eigenvalue weighted by atomic mass is 16.5. The Morgan fingerprint density at radius 2 is 1.60 bits per heavy atom. The van der Waals surface area contributed by atoms with Crippen molar-refractivity contribution in [3.8, 4) is 17.2 Å². The van der Waals surface area contributed by atoms with Crippen LogP contribution in [0.25, 0.3) is 12.2 Å². The summed E-state index contributed by atoms with van der Waals surface area (Å²) in [5.41, 5.74) is 1.87. The third kappa shape index (κ3) is 3.62. The third-order valence-corrected chi connectivity index (χ3v) is 2.69. The summed E-state index contributed by atoms with van der Waals surface area (Å²) >= 11 is 0. The van der Waals surface area contributed by atoms with Crippen LogP contribution in [-0.2, 0) is 0 Å². The van der Waals surface area contributed by atoms with Gasteiger partial charge in [0.15, 0.2) is 6.40 Å². The molecule has 0 aliphatic heterocycles. The van der Waals surface area contributed by atoms with Crippen LogP contribution < -0.4 is 9.47 Å². The molecular weight excluding hydrogens is 254 g/mol. The van der Waals surface area contributed by atoms with E-state index in [2.05, 4.69) is 0 Å². The molecule has 2 aromatic carbocycles. The second kappa shape index (κ2) is 6.43. The van der Waals surface area contributed by atoms with Crippen LogP contribution in [0.4, 0.5) is 0 Å². The van der Waals surface area contributed by atoms with Gasteiger partial charge < -0.3 is 14.6 Å². The van der Waals surface area contributed by atoms with Crippen LogP contribution in [0.5, 0.6) is 17.2 Å². The van der Waals surface area contributed by atoms with Crippen LogP contribution in [0, 0.1) is 5.41 Å². The molecule has 0 unspecified atom stereocenters. The fraction of sp³-hybridized carbons (Fsp3) is 0.0625. The SMILES string of the molecule is COc1cc(/C=C/c2ccc(O)cc2)cc(OC=N)c1. The van der Waals surface area contributed by atoms with Gasteiger partial charge >= 0.3 is 0 Å². The molecule has 4 heteroatoms. The lowest BCUT2D eigenvalue weighted by Crippen LogP contribution is -1.90. The molecule has 0 saturated heterocycles. The molecule has 0 bridgehead atoms.